The van der Waals surface area contributed by atoms with Crippen LogP contribution in [0, 0.1) is 5.92 Å². The Kier molecular flexibility index (Phi) is 2.74. The van der Waals surface area contributed by atoms with Crippen LogP contribution in [0.25, 0.3) is 0 Å². The molecule has 3 nitrogen and oxygen atoms in total. The zero-order valence-electron chi connectivity index (χ0n) is 11.8. The molecule has 0 amide bonds. The van der Waals surface area contributed by atoms with Gasteiger partial charge in [0.15, 0.2) is 5.78 Å². The minimum atomic E-state index is -0.108. The molecule has 0 unspecified atom stereocenters. The summed E-state index contributed by atoms with van der Waals surface area (Å²) < 4.78 is 11.4. The third-order valence-electron chi connectivity index (χ3n) is 4.50. The molecule has 0 spiro atoms. The Bertz CT molecular complexity index is 720. The fraction of sp³-hybridized carbons (Fsp3) is 0.278. The molecule has 2 aromatic rings. The van der Waals surface area contributed by atoms with E-state index in [1.807, 2.05) is 30.3 Å². The lowest BCUT2D eigenvalue weighted by Crippen LogP contribution is -2.43. The van der Waals surface area contributed by atoms with Crippen molar-refractivity contribution in [1.29, 1.82) is 0 Å². The van der Waals surface area contributed by atoms with Crippen LogP contribution >= 0.6 is 0 Å². The second-order valence-corrected chi connectivity index (χ2v) is 5.64. The van der Waals surface area contributed by atoms with Gasteiger partial charge in [0.25, 0.3) is 0 Å². The van der Waals surface area contributed by atoms with E-state index in [9.17, 15) is 4.79 Å². The van der Waals surface area contributed by atoms with E-state index in [2.05, 4.69) is 12.1 Å². The zero-order chi connectivity index (χ0) is 14.4. The van der Waals surface area contributed by atoms with Gasteiger partial charge in [0, 0.05) is 6.42 Å². The van der Waals surface area contributed by atoms with E-state index in [4.69, 9.17) is 9.47 Å². The van der Waals surface area contributed by atoms with Gasteiger partial charge < -0.3 is 9.47 Å². The molecule has 0 radical (unpaired) electrons. The lowest BCUT2D eigenvalue weighted by molar-refractivity contribution is 0.0628. The highest BCUT2D eigenvalue weighted by molar-refractivity contribution is 6.04. The van der Waals surface area contributed by atoms with E-state index in [-0.39, 0.29) is 17.8 Å². The quantitative estimate of drug-likeness (QED) is 0.805. The predicted octanol–water partition coefficient (Wildman–Crippen LogP) is 3.05. The summed E-state index contributed by atoms with van der Waals surface area (Å²) in [5.74, 6) is 1.30. The van der Waals surface area contributed by atoms with E-state index in [1.54, 1.807) is 7.11 Å². The maximum absolute atomic E-state index is 12.9. The van der Waals surface area contributed by atoms with E-state index in [1.165, 1.54) is 11.1 Å². The summed E-state index contributed by atoms with van der Waals surface area (Å²) >= 11 is 0. The van der Waals surface area contributed by atoms with Gasteiger partial charge in [-0.1, -0.05) is 30.3 Å². The van der Waals surface area contributed by atoms with Crippen molar-refractivity contribution in [3.63, 3.8) is 0 Å². The van der Waals surface area contributed by atoms with Gasteiger partial charge in [0.05, 0.1) is 13.0 Å². The number of benzene rings is 2. The summed E-state index contributed by atoms with van der Waals surface area (Å²) in [6.45, 7) is 0. The maximum Gasteiger partial charge on any atom is 0.177 e. The minimum Gasteiger partial charge on any atom is -0.496 e. The second-order valence-electron chi connectivity index (χ2n) is 5.64. The van der Waals surface area contributed by atoms with Gasteiger partial charge >= 0.3 is 0 Å². The Labute approximate surface area is 123 Å². The van der Waals surface area contributed by atoms with Crippen LogP contribution in [0.5, 0.6) is 11.5 Å². The number of fused-ring (bicyclic) bond motifs is 3. The molecule has 21 heavy (non-hydrogen) atoms. The molecule has 2 atom stereocenters. The number of hydrogen-bond donors (Lipinski definition) is 0. The standard InChI is InChI=1S/C18H16O3/c1-20-14-7-4-8-15-17(14)18(19)13-9-11-5-2-3-6-12(11)10-16(13)21-15/h2-8,13,16H,9-10H2,1H3/t13-,16-/m1/s1. The monoisotopic (exact) mass is 280 g/mol. The molecule has 1 heterocycles. The maximum atomic E-state index is 12.9. The predicted molar refractivity (Wildman–Crippen MR) is 79.1 cm³/mol. The molecular weight excluding hydrogens is 264 g/mol. The average molecular weight is 280 g/mol. The molecule has 2 aromatic carbocycles. The first-order valence-corrected chi connectivity index (χ1v) is 7.22. The Balaban J connectivity index is 1.78. The van der Waals surface area contributed by atoms with Crippen molar-refractivity contribution in [1.82, 2.24) is 0 Å². The molecule has 0 bridgehead atoms. The van der Waals surface area contributed by atoms with Gasteiger partial charge in [-0.3, -0.25) is 4.79 Å². The van der Waals surface area contributed by atoms with Crippen LogP contribution in [0.3, 0.4) is 0 Å². The zero-order valence-corrected chi connectivity index (χ0v) is 11.8. The molecule has 1 aliphatic carbocycles. The average Bonchev–Trinajstić information content (AvgIpc) is 2.53. The molecule has 0 saturated carbocycles. The molecule has 4 rings (SSSR count). The Hall–Kier alpha value is -2.29. The number of methoxy groups -OCH3 is 1. The highest BCUT2D eigenvalue weighted by Gasteiger charge is 2.41. The lowest BCUT2D eigenvalue weighted by atomic mass is 9.76. The highest BCUT2D eigenvalue weighted by Crippen LogP contribution is 2.41. The SMILES string of the molecule is COc1cccc2c1C(=O)[C@@H]1Cc3ccccc3C[C@H]1O2. The Morgan fingerprint density at radius 2 is 1.81 bits per heavy atom. The summed E-state index contributed by atoms with van der Waals surface area (Å²) in [5.41, 5.74) is 3.15. The van der Waals surface area contributed by atoms with Crippen LogP contribution in [0.1, 0.15) is 21.5 Å². The van der Waals surface area contributed by atoms with E-state index in [0.29, 0.717) is 17.1 Å². The van der Waals surface area contributed by atoms with Gasteiger partial charge in [-0.25, -0.2) is 0 Å². The normalized spacial score (nSPS) is 22.6. The van der Waals surface area contributed by atoms with Crippen molar-refractivity contribution in [3.05, 3.63) is 59.2 Å². The smallest absolute Gasteiger partial charge is 0.177 e. The van der Waals surface area contributed by atoms with Crippen LogP contribution in [-0.4, -0.2) is 19.0 Å². The third kappa shape index (κ3) is 1.84. The summed E-state index contributed by atoms with van der Waals surface area (Å²) in [5, 5.41) is 0. The van der Waals surface area contributed by atoms with Gasteiger partial charge in [0.1, 0.15) is 23.2 Å². The van der Waals surface area contributed by atoms with Gasteiger partial charge in [0.2, 0.25) is 0 Å². The van der Waals surface area contributed by atoms with Crippen molar-refractivity contribution in [2.45, 2.75) is 18.9 Å². The minimum absolute atomic E-state index is 0.0630. The third-order valence-corrected chi connectivity index (χ3v) is 4.50. The molecule has 2 aliphatic rings. The number of ether oxygens (including phenoxy) is 2. The topological polar surface area (TPSA) is 35.5 Å². The highest BCUT2D eigenvalue weighted by atomic mass is 16.5. The van der Waals surface area contributed by atoms with Gasteiger partial charge in [-0.15, -0.1) is 0 Å². The van der Waals surface area contributed by atoms with Gasteiger partial charge in [-0.2, -0.15) is 0 Å². The molecule has 1 aliphatic heterocycles. The molecule has 0 fully saturated rings. The van der Waals surface area contributed by atoms with Crippen molar-refractivity contribution < 1.29 is 14.3 Å². The second kappa shape index (κ2) is 4.62. The number of carbonyl (C=O) groups is 1. The summed E-state index contributed by atoms with van der Waals surface area (Å²) in [6.07, 6.45) is 1.48. The molecular formula is C18H16O3. The number of carbonyl (C=O) groups excluding carboxylic acids is 1. The van der Waals surface area contributed by atoms with Crippen molar-refractivity contribution >= 4 is 5.78 Å². The van der Waals surface area contributed by atoms with Crippen LogP contribution in [-0.2, 0) is 12.8 Å². The molecule has 0 saturated heterocycles. The first kappa shape index (κ1) is 12.5. The first-order valence-electron chi connectivity index (χ1n) is 7.22. The van der Waals surface area contributed by atoms with Crippen molar-refractivity contribution in [2.24, 2.45) is 5.92 Å². The number of rotatable bonds is 1. The summed E-state index contributed by atoms with van der Waals surface area (Å²) in [7, 11) is 1.59. The van der Waals surface area contributed by atoms with Crippen LogP contribution in [0.2, 0.25) is 0 Å². The molecule has 106 valence electrons. The van der Waals surface area contributed by atoms with Crippen molar-refractivity contribution in [2.75, 3.05) is 7.11 Å². The van der Waals surface area contributed by atoms with E-state index in [0.717, 1.165) is 12.8 Å². The van der Waals surface area contributed by atoms with E-state index >= 15 is 0 Å². The number of ketones is 1. The largest absolute Gasteiger partial charge is 0.496 e. The Morgan fingerprint density at radius 3 is 2.57 bits per heavy atom. The molecule has 0 aromatic heterocycles. The fourth-order valence-electron chi connectivity index (χ4n) is 3.44. The van der Waals surface area contributed by atoms with Crippen molar-refractivity contribution in [3.8, 4) is 11.5 Å². The summed E-state index contributed by atoms with van der Waals surface area (Å²) in [4.78, 5) is 12.9. The van der Waals surface area contributed by atoms with Crippen LogP contribution < -0.4 is 9.47 Å². The summed E-state index contributed by atoms with van der Waals surface area (Å²) in [6, 6.07) is 13.8. The van der Waals surface area contributed by atoms with Crippen LogP contribution in [0.4, 0.5) is 0 Å². The van der Waals surface area contributed by atoms with Gasteiger partial charge in [-0.05, 0) is 29.7 Å². The lowest BCUT2D eigenvalue weighted by Gasteiger charge is -2.37. The van der Waals surface area contributed by atoms with E-state index < -0.39 is 0 Å². The molecule has 0 N–H and O–H groups in total. The van der Waals surface area contributed by atoms with Crippen LogP contribution in [0.15, 0.2) is 42.5 Å². The first-order chi connectivity index (χ1) is 10.3. The fourth-order valence-corrected chi connectivity index (χ4v) is 3.44. The number of Topliss-reactive ketones (excluding diaryl/α,β-unsaturated/α-hetero) is 1. The number of hydrogen-bond acceptors (Lipinski definition) is 3. The Morgan fingerprint density at radius 1 is 1.05 bits per heavy atom. The molecule has 3 heteroatoms.